The van der Waals surface area contributed by atoms with Gasteiger partial charge in [-0.3, -0.25) is 19.3 Å². The standard InChI is InChI=1S/C23H23ClN8O3/c1-2-26-22(34)17-8-16(33)23(35-17)32-12-29-18-20(28-11-15-5-3-4-6-27-15)30-19(31-21(18)32)13-7-14(24)10-25-9-13/h3-7,9-10,12,16-17,23,33H,2,8,11H2,1H3,(H,26,34)(H,28,30,31)/t16-,17+,23-/m1/s1. The molecule has 12 heteroatoms. The van der Waals surface area contributed by atoms with Crippen molar-refractivity contribution in [2.24, 2.45) is 0 Å². The van der Waals surface area contributed by atoms with Crippen LogP contribution in [-0.2, 0) is 16.1 Å². The summed E-state index contributed by atoms with van der Waals surface area (Å²) < 4.78 is 7.53. The fraction of sp³-hybridized carbons (Fsp3) is 0.304. The predicted molar refractivity (Wildman–Crippen MR) is 128 cm³/mol. The first-order valence-corrected chi connectivity index (χ1v) is 11.5. The number of aliphatic hydroxyl groups excluding tert-OH is 1. The van der Waals surface area contributed by atoms with Gasteiger partial charge in [0.2, 0.25) is 5.91 Å². The minimum Gasteiger partial charge on any atom is -0.388 e. The first-order chi connectivity index (χ1) is 17.0. The smallest absolute Gasteiger partial charge is 0.249 e. The molecular formula is C23H23ClN8O3. The van der Waals surface area contributed by atoms with Crippen LogP contribution in [0.15, 0.2) is 49.2 Å². The third-order valence-corrected chi connectivity index (χ3v) is 5.76. The number of fused-ring (bicyclic) bond motifs is 1. The van der Waals surface area contributed by atoms with Crippen LogP contribution >= 0.6 is 11.6 Å². The van der Waals surface area contributed by atoms with Gasteiger partial charge in [0.1, 0.15) is 12.2 Å². The molecule has 1 fully saturated rings. The molecule has 5 heterocycles. The van der Waals surface area contributed by atoms with Gasteiger partial charge in [-0.25, -0.2) is 15.0 Å². The maximum atomic E-state index is 12.3. The molecule has 1 aliphatic rings. The first-order valence-electron chi connectivity index (χ1n) is 11.1. The van der Waals surface area contributed by atoms with Gasteiger partial charge in [-0.2, -0.15) is 0 Å². The van der Waals surface area contributed by atoms with E-state index in [0.29, 0.717) is 46.5 Å². The SMILES string of the molecule is CCNC(=O)[C@@H]1C[C@@H](O)[C@H](n2cnc3c(NCc4ccccn4)nc(-c4cncc(Cl)c4)nc32)O1. The lowest BCUT2D eigenvalue weighted by atomic mass is 10.2. The van der Waals surface area contributed by atoms with E-state index >= 15 is 0 Å². The topological polar surface area (TPSA) is 140 Å². The molecule has 0 radical (unpaired) electrons. The van der Waals surface area contributed by atoms with Gasteiger partial charge in [-0.05, 0) is 25.1 Å². The summed E-state index contributed by atoms with van der Waals surface area (Å²) in [6, 6.07) is 7.36. The molecule has 4 aromatic rings. The number of carbonyl (C=O) groups is 1. The Kier molecular flexibility index (Phi) is 6.53. The van der Waals surface area contributed by atoms with Gasteiger partial charge in [0, 0.05) is 37.1 Å². The number of hydrogen-bond donors (Lipinski definition) is 3. The summed E-state index contributed by atoms with van der Waals surface area (Å²) in [6.07, 6.45) is 4.02. The Morgan fingerprint density at radius 1 is 1.29 bits per heavy atom. The van der Waals surface area contributed by atoms with Gasteiger partial charge in [-0.15, -0.1) is 0 Å². The van der Waals surface area contributed by atoms with Gasteiger partial charge in [0.15, 0.2) is 29.0 Å². The average molecular weight is 495 g/mol. The molecule has 11 nitrogen and oxygen atoms in total. The molecule has 0 spiro atoms. The lowest BCUT2D eigenvalue weighted by Crippen LogP contribution is -2.34. The number of pyridine rings is 2. The highest BCUT2D eigenvalue weighted by Gasteiger charge is 2.39. The molecule has 0 bridgehead atoms. The maximum absolute atomic E-state index is 12.3. The van der Waals surface area contributed by atoms with Crippen molar-refractivity contribution in [1.82, 2.24) is 34.8 Å². The number of ether oxygens (including phenoxy) is 1. The molecule has 1 saturated heterocycles. The van der Waals surface area contributed by atoms with Gasteiger partial charge < -0.3 is 20.5 Å². The number of aliphatic hydroxyl groups is 1. The van der Waals surface area contributed by atoms with Gasteiger partial charge in [0.05, 0.1) is 23.6 Å². The quantitative estimate of drug-likeness (QED) is 0.353. The van der Waals surface area contributed by atoms with Crippen LogP contribution in [-0.4, -0.2) is 59.3 Å². The van der Waals surface area contributed by atoms with E-state index in [9.17, 15) is 9.90 Å². The van der Waals surface area contributed by atoms with Crippen molar-refractivity contribution in [2.45, 2.75) is 38.3 Å². The van der Waals surface area contributed by atoms with Crippen LogP contribution in [0, 0.1) is 0 Å². The lowest BCUT2D eigenvalue weighted by molar-refractivity contribution is -0.134. The molecule has 4 aromatic heterocycles. The number of amides is 1. The Balaban J connectivity index is 1.55. The van der Waals surface area contributed by atoms with Crippen LogP contribution in [0.4, 0.5) is 5.82 Å². The molecule has 0 saturated carbocycles. The molecule has 0 aromatic carbocycles. The highest BCUT2D eigenvalue weighted by molar-refractivity contribution is 6.30. The highest BCUT2D eigenvalue weighted by atomic mass is 35.5. The summed E-state index contributed by atoms with van der Waals surface area (Å²) >= 11 is 6.15. The molecule has 0 unspecified atom stereocenters. The number of anilines is 1. The fourth-order valence-electron chi connectivity index (χ4n) is 3.92. The molecule has 1 amide bonds. The van der Waals surface area contributed by atoms with Crippen LogP contribution in [0.5, 0.6) is 0 Å². The fourth-order valence-corrected chi connectivity index (χ4v) is 4.10. The molecule has 180 valence electrons. The number of halogens is 1. The first kappa shape index (κ1) is 23.1. The number of carbonyl (C=O) groups excluding carboxylic acids is 1. The number of nitrogens with zero attached hydrogens (tertiary/aromatic N) is 6. The lowest BCUT2D eigenvalue weighted by Gasteiger charge is -2.17. The van der Waals surface area contributed by atoms with E-state index in [1.807, 2.05) is 25.1 Å². The second-order valence-corrected chi connectivity index (χ2v) is 8.44. The molecule has 5 rings (SSSR count). The summed E-state index contributed by atoms with van der Waals surface area (Å²) in [4.78, 5) is 34.6. The summed E-state index contributed by atoms with van der Waals surface area (Å²) in [7, 11) is 0. The normalized spacial score (nSPS) is 19.7. The van der Waals surface area contributed by atoms with Crippen molar-refractivity contribution >= 4 is 34.5 Å². The Morgan fingerprint density at radius 3 is 2.94 bits per heavy atom. The number of nitrogens with one attached hydrogen (secondary N) is 2. The molecule has 0 aliphatic carbocycles. The van der Waals surface area contributed by atoms with Gasteiger partial charge in [0.25, 0.3) is 0 Å². The van der Waals surface area contributed by atoms with Crippen LogP contribution in [0.25, 0.3) is 22.6 Å². The minimum atomic E-state index is -0.920. The van der Waals surface area contributed by atoms with Crippen LogP contribution in [0.2, 0.25) is 5.02 Å². The largest absolute Gasteiger partial charge is 0.388 e. The number of rotatable bonds is 7. The van der Waals surface area contributed by atoms with Crippen LogP contribution in [0.3, 0.4) is 0 Å². The summed E-state index contributed by atoms with van der Waals surface area (Å²) in [6.45, 7) is 2.71. The molecule has 1 aliphatic heterocycles. The Morgan fingerprint density at radius 2 is 2.17 bits per heavy atom. The van der Waals surface area contributed by atoms with Crippen molar-refractivity contribution in [3.63, 3.8) is 0 Å². The molecule has 35 heavy (non-hydrogen) atoms. The maximum Gasteiger partial charge on any atom is 0.249 e. The molecule has 3 N–H and O–H groups in total. The van der Waals surface area contributed by atoms with E-state index < -0.39 is 18.4 Å². The van der Waals surface area contributed by atoms with Crippen molar-refractivity contribution in [3.05, 3.63) is 59.9 Å². The Hall–Kier alpha value is -3.67. The van der Waals surface area contributed by atoms with E-state index in [1.54, 1.807) is 23.0 Å². The van der Waals surface area contributed by atoms with Crippen molar-refractivity contribution in [1.29, 1.82) is 0 Å². The van der Waals surface area contributed by atoms with Crippen LogP contribution in [0.1, 0.15) is 25.3 Å². The minimum absolute atomic E-state index is 0.164. The number of likely N-dealkylation sites (N-methyl/N-ethyl adjacent to an activating group) is 1. The van der Waals surface area contributed by atoms with E-state index in [4.69, 9.17) is 21.3 Å². The van der Waals surface area contributed by atoms with Crippen molar-refractivity contribution in [2.75, 3.05) is 11.9 Å². The third-order valence-electron chi connectivity index (χ3n) is 5.55. The highest BCUT2D eigenvalue weighted by Crippen LogP contribution is 2.33. The molecular weight excluding hydrogens is 472 g/mol. The third kappa shape index (κ3) is 4.78. The summed E-state index contributed by atoms with van der Waals surface area (Å²) in [5.74, 6) is 0.573. The van der Waals surface area contributed by atoms with Gasteiger partial charge in [-0.1, -0.05) is 17.7 Å². The zero-order chi connectivity index (χ0) is 24.4. The second-order valence-electron chi connectivity index (χ2n) is 8.00. The summed E-state index contributed by atoms with van der Waals surface area (Å²) in [5.41, 5.74) is 2.35. The summed E-state index contributed by atoms with van der Waals surface area (Å²) in [5, 5.41) is 17.2. The Bertz CT molecular complexity index is 1350. The van der Waals surface area contributed by atoms with E-state index in [-0.39, 0.29) is 12.3 Å². The van der Waals surface area contributed by atoms with Crippen molar-refractivity contribution in [3.8, 4) is 11.4 Å². The number of hydrogen-bond acceptors (Lipinski definition) is 9. The second kappa shape index (κ2) is 9.90. The zero-order valence-corrected chi connectivity index (χ0v) is 19.6. The number of aromatic nitrogens is 6. The van der Waals surface area contributed by atoms with E-state index in [2.05, 4.69) is 30.6 Å². The van der Waals surface area contributed by atoms with Gasteiger partial charge >= 0.3 is 0 Å². The molecule has 3 atom stereocenters. The number of imidazole rings is 1. The van der Waals surface area contributed by atoms with E-state index in [1.165, 1.54) is 12.5 Å². The van der Waals surface area contributed by atoms with Crippen LogP contribution < -0.4 is 10.6 Å². The Labute approximate surface area is 205 Å². The van der Waals surface area contributed by atoms with E-state index in [0.717, 1.165) is 5.69 Å². The van der Waals surface area contributed by atoms with Crippen molar-refractivity contribution < 1.29 is 14.6 Å². The average Bonchev–Trinajstić information content (AvgIpc) is 3.46. The monoisotopic (exact) mass is 494 g/mol. The predicted octanol–water partition coefficient (Wildman–Crippen LogP) is 2.33. The zero-order valence-electron chi connectivity index (χ0n) is 18.8.